The fourth-order valence-electron chi connectivity index (χ4n) is 1.27. The molecule has 0 amide bonds. The molecule has 1 unspecified atom stereocenters. The third-order valence-electron chi connectivity index (χ3n) is 2.37. The third-order valence-corrected chi connectivity index (χ3v) is 2.37. The van der Waals surface area contributed by atoms with Gasteiger partial charge in [0.2, 0.25) is 0 Å². The Kier molecular flexibility index (Phi) is 2.66. The summed E-state index contributed by atoms with van der Waals surface area (Å²) in [5, 5.41) is 0. The Balaban J connectivity index is 2.33. The molecule has 0 aromatic heterocycles. The minimum atomic E-state index is -0.322. The Morgan fingerprint density at radius 1 is 1.40 bits per heavy atom. The maximum absolute atomic E-state index is 12.1. The minimum Gasteiger partial charge on any atom is -0.375 e. The molecule has 1 rings (SSSR count). The summed E-state index contributed by atoms with van der Waals surface area (Å²) in [6.45, 7) is 4.72. The maximum Gasteiger partial charge on any atom is 0.116 e. The molecule has 1 aliphatic heterocycles. The van der Waals surface area contributed by atoms with Crippen molar-refractivity contribution in [3.05, 3.63) is 0 Å². The van der Waals surface area contributed by atoms with Gasteiger partial charge in [0.25, 0.3) is 0 Å². The van der Waals surface area contributed by atoms with Crippen molar-refractivity contribution < 1.29 is 9.13 Å². The number of halogens is 1. The molecule has 1 nitrogen and oxygen atoms in total. The van der Waals surface area contributed by atoms with Crippen LogP contribution in [0, 0.1) is 11.8 Å². The zero-order valence-electron chi connectivity index (χ0n) is 6.64. The van der Waals surface area contributed by atoms with E-state index in [1.54, 1.807) is 0 Å². The molecule has 1 fully saturated rings. The fraction of sp³-hybridized carbons (Fsp3) is 1.00. The van der Waals surface area contributed by atoms with Crippen molar-refractivity contribution in [2.45, 2.75) is 26.4 Å². The lowest BCUT2D eigenvalue weighted by molar-refractivity contribution is -0.0465. The van der Waals surface area contributed by atoms with Gasteiger partial charge in [0.1, 0.15) is 6.67 Å². The predicted molar refractivity (Wildman–Crippen MR) is 38.7 cm³/mol. The first-order chi connectivity index (χ1) is 4.74. The molecule has 3 atom stereocenters. The second-order valence-corrected chi connectivity index (χ2v) is 3.30. The molecule has 0 aromatic carbocycles. The molecule has 0 saturated carbocycles. The monoisotopic (exact) mass is 146 g/mol. The summed E-state index contributed by atoms with van der Waals surface area (Å²) in [4.78, 5) is 0. The molecule has 0 aliphatic carbocycles. The van der Waals surface area contributed by atoms with Crippen LogP contribution in [0.2, 0.25) is 0 Å². The third kappa shape index (κ3) is 1.69. The Bertz CT molecular complexity index is 105. The first-order valence-corrected chi connectivity index (χ1v) is 3.91. The van der Waals surface area contributed by atoms with E-state index in [2.05, 4.69) is 13.8 Å². The predicted octanol–water partition coefficient (Wildman–Crippen LogP) is 2.02. The Hall–Kier alpha value is -0.110. The van der Waals surface area contributed by atoms with Gasteiger partial charge in [-0.15, -0.1) is 0 Å². The van der Waals surface area contributed by atoms with Gasteiger partial charge in [0, 0.05) is 6.61 Å². The topological polar surface area (TPSA) is 9.23 Å². The van der Waals surface area contributed by atoms with Gasteiger partial charge in [0.15, 0.2) is 0 Å². The van der Waals surface area contributed by atoms with Crippen LogP contribution in [0.5, 0.6) is 0 Å². The van der Waals surface area contributed by atoms with Gasteiger partial charge in [-0.1, -0.05) is 13.8 Å². The number of hydrogen-bond donors (Lipinski definition) is 0. The van der Waals surface area contributed by atoms with Gasteiger partial charge in [-0.2, -0.15) is 0 Å². The lowest BCUT2D eigenvalue weighted by atomic mass is 9.89. The first-order valence-electron chi connectivity index (χ1n) is 3.91. The Labute approximate surface area is 61.6 Å². The molecule has 10 heavy (non-hydrogen) atoms. The van der Waals surface area contributed by atoms with Crippen LogP contribution in [-0.2, 0) is 4.74 Å². The first kappa shape index (κ1) is 7.99. The molecule has 0 radical (unpaired) electrons. The van der Waals surface area contributed by atoms with Crippen LogP contribution in [0.4, 0.5) is 4.39 Å². The highest BCUT2D eigenvalue weighted by molar-refractivity contribution is 4.72. The van der Waals surface area contributed by atoms with Crippen LogP contribution in [0.15, 0.2) is 0 Å². The molecular weight excluding hydrogens is 131 g/mol. The second-order valence-electron chi connectivity index (χ2n) is 3.30. The fourth-order valence-corrected chi connectivity index (χ4v) is 1.27. The lowest BCUT2D eigenvalue weighted by Crippen LogP contribution is -2.31. The van der Waals surface area contributed by atoms with Gasteiger partial charge in [-0.05, 0) is 18.3 Å². The molecule has 0 spiro atoms. The highest BCUT2D eigenvalue weighted by Gasteiger charge is 2.24. The van der Waals surface area contributed by atoms with Crippen LogP contribution < -0.4 is 0 Å². The second kappa shape index (κ2) is 3.33. The molecular formula is C8H15FO. The average Bonchev–Trinajstić information content (AvgIpc) is 1.95. The minimum absolute atomic E-state index is 0.119. The van der Waals surface area contributed by atoms with E-state index in [0.29, 0.717) is 11.8 Å². The molecule has 2 heteroatoms. The molecule has 1 saturated heterocycles. The molecule has 60 valence electrons. The van der Waals surface area contributed by atoms with Crippen molar-refractivity contribution in [1.29, 1.82) is 0 Å². The maximum atomic E-state index is 12.1. The highest BCUT2D eigenvalue weighted by atomic mass is 19.1. The van der Waals surface area contributed by atoms with E-state index in [1.807, 2.05) is 0 Å². The van der Waals surface area contributed by atoms with Crippen molar-refractivity contribution in [3.8, 4) is 0 Å². The SMILES string of the molecule is C[C@@H]1CC(CF)OC[C@@H]1C. The number of hydrogen-bond acceptors (Lipinski definition) is 1. The van der Waals surface area contributed by atoms with Crippen LogP contribution in [0.3, 0.4) is 0 Å². The molecule has 0 aromatic rings. The summed E-state index contributed by atoms with van der Waals surface area (Å²) in [5.74, 6) is 1.22. The van der Waals surface area contributed by atoms with E-state index < -0.39 is 0 Å². The largest absolute Gasteiger partial charge is 0.375 e. The number of alkyl halides is 1. The van der Waals surface area contributed by atoms with Crippen molar-refractivity contribution in [2.75, 3.05) is 13.3 Å². The van der Waals surface area contributed by atoms with Crippen LogP contribution in [0.1, 0.15) is 20.3 Å². The number of rotatable bonds is 1. The normalized spacial score (nSPS) is 41.7. The van der Waals surface area contributed by atoms with E-state index in [-0.39, 0.29) is 12.8 Å². The van der Waals surface area contributed by atoms with Crippen molar-refractivity contribution in [1.82, 2.24) is 0 Å². The van der Waals surface area contributed by atoms with Crippen molar-refractivity contribution in [2.24, 2.45) is 11.8 Å². The standard InChI is InChI=1S/C8H15FO/c1-6-3-8(4-9)10-5-7(6)2/h6-8H,3-5H2,1-2H3/t6-,7+,8?/m1/s1. The van der Waals surface area contributed by atoms with Crippen LogP contribution >= 0.6 is 0 Å². The summed E-state index contributed by atoms with van der Waals surface area (Å²) in [5.41, 5.74) is 0. The summed E-state index contributed by atoms with van der Waals surface area (Å²) in [6, 6.07) is 0. The molecule has 0 N–H and O–H groups in total. The van der Waals surface area contributed by atoms with E-state index in [1.165, 1.54) is 0 Å². The molecule has 1 heterocycles. The Morgan fingerprint density at radius 2 is 2.10 bits per heavy atom. The lowest BCUT2D eigenvalue weighted by Gasteiger charge is -2.30. The zero-order valence-corrected chi connectivity index (χ0v) is 6.64. The summed E-state index contributed by atoms with van der Waals surface area (Å²) < 4.78 is 17.3. The zero-order chi connectivity index (χ0) is 7.56. The highest BCUT2D eigenvalue weighted by Crippen LogP contribution is 2.24. The summed E-state index contributed by atoms with van der Waals surface area (Å²) in [7, 11) is 0. The van der Waals surface area contributed by atoms with Crippen LogP contribution in [-0.4, -0.2) is 19.4 Å². The summed E-state index contributed by atoms with van der Waals surface area (Å²) in [6.07, 6.45) is 0.767. The van der Waals surface area contributed by atoms with Crippen molar-refractivity contribution >= 4 is 0 Å². The van der Waals surface area contributed by atoms with Gasteiger partial charge >= 0.3 is 0 Å². The van der Waals surface area contributed by atoms with E-state index in [9.17, 15) is 4.39 Å². The van der Waals surface area contributed by atoms with Gasteiger partial charge < -0.3 is 4.74 Å². The Morgan fingerprint density at radius 3 is 2.60 bits per heavy atom. The van der Waals surface area contributed by atoms with E-state index in [0.717, 1.165) is 13.0 Å². The van der Waals surface area contributed by atoms with Gasteiger partial charge in [-0.3, -0.25) is 0 Å². The average molecular weight is 146 g/mol. The number of ether oxygens (including phenoxy) is 1. The summed E-state index contributed by atoms with van der Waals surface area (Å²) >= 11 is 0. The van der Waals surface area contributed by atoms with Crippen molar-refractivity contribution in [3.63, 3.8) is 0 Å². The van der Waals surface area contributed by atoms with E-state index >= 15 is 0 Å². The quantitative estimate of drug-likeness (QED) is 0.550. The molecule has 0 bridgehead atoms. The van der Waals surface area contributed by atoms with Gasteiger partial charge in [0.05, 0.1) is 6.10 Å². The molecule has 1 aliphatic rings. The van der Waals surface area contributed by atoms with E-state index in [4.69, 9.17) is 4.74 Å². The smallest absolute Gasteiger partial charge is 0.116 e. The van der Waals surface area contributed by atoms with Gasteiger partial charge in [-0.25, -0.2) is 4.39 Å². The van der Waals surface area contributed by atoms with Crippen LogP contribution in [0.25, 0.3) is 0 Å².